The molecule has 0 unspecified atom stereocenters. The fraction of sp³-hybridized carbons (Fsp3) is 0.467. The van der Waals surface area contributed by atoms with Gasteiger partial charge in [-0.3, -0.25) is 4.18 Å². The molecule has 0 amide bonds. The highest BCUT2D eigenvalue weighted by Gasteiger charge is 2.42. The van der Waals surface area contributed by atoms with Crippen molar-refractivity contribution in [3.05, 3.63) is 47.3 Å². The average molecular weight is 392 g/mol. The molecule has 138 valence electrons. The van der Waals surface area contributed by atoms with Crippen LogP contribution in [0.4, 0.5) is 4.39 Å². The Morgan fingerprint density at radius 1 is 1.44 bits per heavy atom. The number of aromatic nitrogens is 3. The van der Waals surface area contributed by atoms with Crippen molar-refractivity contribution in [2.45, 2.75) is 32.1 Å². The fourth-order valence-corrected chi connectivity index (χ4v) is 3.67. The highest BCUT2D eigenvalue weighted by Crippen LogP contribution is 2.38. The van der Waals surface area contributed by atoms with Gasteiger partial charge < -0.3 is 5.11 Å². The SMILES string of the molecule is C[C@@H](OS(C)(=O)=O)[C@H](C)[C@](O)(Cn1cncn1)c1ccc(F)cc1Cl. The molecule has 10 heteroatoms. The number of halogens is 2. The predicted octanol–water partition coefficient (Wildman–Crippen LogP) is 1.96. The van der Waals surface area contributed by atoms with E-state index in [1.165, 1.54) is 36.4 Å². The van der Waals surface area contributed by atoms with Gasteiger partial charge in [0.05, 0.1) is 18.9 Å². The van der Waals surface area contributed by atoms with Gasteiger partial charge in [0.2, 0.25) is 0 Å². The van der Waals surface area contributed by atoms with Gasteiger partial charge in [-0.2, -0.15) is 13.5 Å². The van der Waals surface area contributed by atoms with E-state index in [4.69, 9.17) is 15.8 Å². The lowest BCUT2D eigenvalue weighted by Crippen LogP contribution is -2.44. The van der Waals surface area contributed by atoms with Gasteiger partial charge in [-0.1, -0.05) is 24.6 Å². The second-order valence-electron chi connectivity index (χ2n) is 5.94. The lowest BCUT2D eigenvalue weighted by Gasteiger charge is -2.37. The zero-order chi connectivity index (χ0) is 18.8. The van der Waals surface area contributed by atoms with Crippen molar-refractivity contribution < 1.29 is 22.1 Å². The topological polar surface area (TPSA) is 94.3 Å². The molecule has 0 bridgehead atoms. The lowest BCUT2D eigenvalue weighted by atomic mass is 9.79. The number of aliphatic hydroxyl groups is 1. The summed E-state index contributed by atoms with van der Waals surface area (Å²) >= 11 is 6.13. The predicted molar refractivity (Wildman–Crippen MR) is 89.9 cm³/mol. The molecular weight excluding hydrogens is 373 g/mol. The van der Waals surface area contributed by atoms with E-state index in [1.807, 2.05) is 0 Å². The smallest absolute Gasteiger partial charge is 0.264 e. The lowest BCUT2D eigenvalue weighted by molar-refractivity contribution is -0.0703. The number of nitrogens with zero attached hydrogens (tertiary/aromatic N) is 3. The summed E-state index contributed by atoms with van der Waals surface area (Å²) < 4.78 is 42.6. The van der Waals surface area contributed by atoms with Crippen LogP contribution in [0, 0.1) is 11.7 Å². The largest absolute Gasteiger partial charge is 0.383 e. The van der Waals surface area contributed by atoms with Gasteiger partial charge in [0, 0.05) is 16.5 Å². The van der Waals surface area contributed by atoms with Crippen molar-refractivity contribution >= 4 is 21.7 Å². The maximum Gasteiger partial charge on any atom is 0.264 e. The molecule has 0 aliphatic rings. The molecule has 1 heterocycles. The Bertz CT molecular complexity index is 831. The highest BCUT2D eigenvalue weighted by atomic mass is 35.5. The van der Waals surface area contributed by atoms with Crippen LogP contribution in [-0.2, 0) is 26.4 Å². The molecule has 0 spiro atoms. The van der Waals surface area contributed by atoms with E-state index in [0.717, 1.165) is 12.3 Å². The average Bonchev–Trinajstić information content (AvgIpc) is 2.97. The molecule has 25 heavy (non-hydrogen) atoms. The zero-order valence-corrected chi connectivity index (χ0v) is 15.5. The normalized spacial score (nSPS) is 17.0. The molecule has 3 atom stereocenters. The standard InChI is InChI=1S/C15H19ClFN3O4S/c1-10(11(2)24-25(3,22)23)15(21,7-20-9-18-8-19-20)13-5-4-12(17)6-14(13)16/h4-6,8-11,21H,7H2,1-3H3/t10-,11+,15+/m0/s1. The van der Waals surface area contributed by atoms with Gasteiger partial charge in [-0.15, -0.1) is 0 Å². The fourth-order valence-electron chi connectivity index (χ4n) is 2.62. The van der Waals surface area contributed by atoms with Crippen LogP contribution in [0.5, 0.6) is 0 Å². The van der Waals surface area contributed by atoms with E-state index in [2.05, 4.69) is 10.1 Å². The number of rotatable bonds is 7. The van der Waals surface area contributed by atoms with Crippen molar-refractivity contribution in [3.8, 4) is 0 Å². The van der Waals surface area contributed by atoms with E-state index in [-0.39, 0.29) is 17.1 Å². The third-order valence-corrected chi connectivity index (χ3v) is 5.02. The first-order chi connectivity index (χ1) is 11.5. The van der Waals surface area contributed by atoms with Crippen LogP contribution in [0.1, 0.15) is 19.4 Å². The van der Waals surface area contributed by atoms with Gasteiger partial charge in [0.1, 0.15) is 24.1 Å². The number of hydrogen-bond donors (Lipinski definition) is 1. The molecule has 0 radical (unpaired) electrons. The monoisotopic (exact) mass is 391 g/mol. The summed E-state index contributed by atoms with van der Waals surface area (Å²) in [6, 6.07) is 3.61. The summed E-state index contributed by atoms with van der Waals surface area (Å²) in [5.41, 5.74) is -1.44. The van der Waals surface area contributed by atoms with Crippen LogP contribution in [0.15, 0.2) is 30.9 Å². The maximum atomic E-state index is 13.4. The minimum atomic E-state index is -3.73. The molecule has 0 saturated heterocycles. The van der Waals surface area contributed by atoms with Crippen molar-refractivity contribution in [1.29, 1.82) is 0 Å². The molecule has 1 N–H and O–H groups in total. The van der Waals surface area contributed by atoms with E-state index < -0.39 is 33.6 Å². The van der Waals surface area contributed by atoms with E-state index >= 15 is 0 Å². The van der Waals surface area contributed by atoms with Gasteiger partial charge in [0.25, 0.3) is 10.1 Å². The molecule has 0 saturated carbocycles. The van der Waals surface area contributed by atoms with Gasteiger partial charge in [-0.05, 0) is 19.1 Å². The van der Waals surface area contributed by atoms with Gasteiger partial charge >= 0.3 is 0 Å². The Balaban J connectivity index is 2.47. The molecule has 1 aromatic heterocycles. The van der Waals surface area contributed by atoms with Crippen LogP contribution >= 0.6 is 11.6 Å². The second kappa shape index (κ2) is 7.36. The summed E-state index contributed by atoms with van der Waals surface area (Å²) in [6.45, 7) is 3.07. The van der Waals surface area contributed by atoms with Crippen LogP contribution in [0.3, 0.4) is 0 Å². The van der Waals surface area contributed by atoms with Gasteiger partial charge in [0.15, 0.2) is 0 Å². The Labute approximate surface area is 150 Å². The summed E-state index contributed by atoms with van der Waals surface area (Å²) in [6.07, 6.45) is 2.76. The minimum Gasteiger partial charge on any atom is -0.383 e. The quantitative estimate of drug-likeness (QED) is 0.725. The van der Waals surface area contributed by atoms with Crippen molar-refractivity contribution in [3.63, 3.8) is 0 Å². The van der Waals surface area contributed by atoms with Gasteiger partial charge in [-0.25, -0.2) is 14.1 Å². The number of hydrogen-bond acceptors (Lipinski definition) is 6. The highest BCUT2D eigenvalue weighted by molar-refractivity contribution is 7.86. The molecular formula is C15H19ClFN3O4S. The van der Waals surface area contributed by atoms with Crippen LogP contribution < -0.4 is 0 Å². The van der Waals surface area contributed by atoms with E-state index in [1.54, 1.807) is 6.92 Å². The molecule has 2 rings (SSSR count). The van der Waals surface area contributed by atoms with Crippen LogP contribution in [-0.4, -0.2) is 40.6 Å². The Morgan fingerprint density at radius 3 is 2.64 bits per heavy atom. The summed E-state index contributed by atoms with van der Waals surface area (Å²) in [7, 11) is -3.73. The summed E-state index contributed by atoms with van der Waals surface area (Å²) in [5, 5.41) is 15.4. The van der Waals surface area contributed by atoms with E-state index in [0.29, 0.717) is 0 Å². The first kappa shape index (κ1) is 19.8. The molecule has 2 aromatic rings. The molecule has 7 nitrogen and oxygen atoms in total. The third kappa shape index (κ3) is 4.75. The third-order valence-electron chi connectivity index (χ3n) is 4.05. The first-order valence-electron chi connectivity index (χ1n) is 7.41. The maximum absolute atomic E-state index is 13.4. The van der Waals surface area contributed by atoms with Crippen LogP contribution in [0.25, 0.3) is 0 Å². The summed E-state index contributed by atoms with van der Waals surface area (Å²) in [5.74, 6) is -1.28. The molecule has 0 aliphatic carbocycles. The zero-order valence-electron chi connectivity index (χ0n) is 13.9. The molecule has 0 fully saturated rings. The Hall–Kier alpha value is -1.55. The Kier molecular flexibility index (Phi) is 5.82. The Morgan fingerprint density at radius 2 is 2.12 bits per heavy atom. The van der Waals surface area contributed by atoms with Crippen molar-refractivity contribution in [2.75, 3.05) is 6.26 Å². The molecule has 0 aliphatic heterocycles. The second-order valence-corrected chi connectivity index (χ2v) is 7.94. The van der Waals surface area contributed by atoms with Crippen LogP contribution in [0.2, 0.25) is 5.02 Å². The van der Waals surface area contributed by atoms with Crippen molar-refractivity contribution in [2.24, 2.45) is 5.92 Å². The summed E-state index contributed by atoms with van der Waals surface area (Å²) in [4.78, 5) is 3.82. The molecule has 1 aromatic carbocycles. The van der Waals surface area contributed by atoms with Crippen molar-refractivity contribution in [1.82, 2.24) is 14.8 Å². The minimum absolute atomic E-state index is 0.0148. The first-order valence-corrected chi connectivity index (χ1v) is 9.61. The van der Waals surface area contributed by atoms with E-state index in [9.17, 15) is 17.9 Å². The number of benzene rings is 1.